The molecule has 3 aromatic rings. The third-order valence-corrected chi connectivity index (χ3v) is 5.82. The van der Waals surface area contributed by atoms with Crippen LogP contribution in [0.25, 0.3) is 15.6 Å². The normalized spacial score (nSPS) is 14.8. The average Bonchev–Trinajstić information content (AvgIpc) is 2.74. The smallest absolute Gasteiger partial charge is 0.188 e. The van der Waals surface area contributed by atoms with E-state index >= 15 is 0 Å². The number of nitrogens with two attached hydrogens (primary N) is 1. The standard InChI is InChI=1S/C22H23ClN6/c1-14-3-4-15(11-20(14)23)13-26-21-19-12-17(25-2)5-6-18(19)22(28-27-21)29-9-7-16(24)8-10-29/h3-6,11-12,16H,7-10,13,24H2,1H3,(H,26,27). The van der Waals surface area contributed by atoms with Crippen LogP contribution in [0.4, 0.5) is 17.3 Å². The highest BCUT2D eigenvalue weighted by Gasteiger charge is 2.21. The van der Waals surface area contributed by atoms with Gasteiger partial charge in [0.05, 0.1) is 6.57 Å². The van der Waals surface area contributed by atoms with Crippen molar-refractivity contribution in [3.05, 3.63) is 64.0 Å². The zero-order valence-electron chi connectivity index (χ0n) is 16.3. The van der Waals surface area contributed by atoms with Crippen LogP contribution in [0.5, 0.6) is 0 Å². The van der Waals surface area contributed by atoms with Crippen molar-refractivity contribution in [3.63, 3.8) is 0 Å². The number of fused-ring (bicyclic) bond motifs is 1. The van der Waals surface area contributed by atoms with Crippen LogP contribution in [0.15, 0.2) is 36.4 Å². The Kier molecular flexibility index (Phi) is 5.52. The zero-order valence-corrected chi connectivity index (χ0v) is 17.1. The number of benzene rings is 2. The highest BCUT2D eigenvalue weighted by atomic mass is 35.5. The summed E-state index contributed by atoms with van der Waals surface area (Å²) < 4.78 is 0. The molecular weight excluding hydrogens is 384 g/mol. The van der Waals surface area contributed by atoms with E-state index in [9.17, 15) is 0 Å². The van der Waals surface area contributed by atoms with Crippen molar-refractivity contribution in [2.75, 3.05) is 23.3 Å². The summed E-state index contributed by atoms with van der Waals surface area (Å²) in [5, 5.41) is 15.0. The maximum absolute atomic E-state index is 7.37. The zero-order chi connectivity index (χ0) is 20.4. The maximum atomic E-state index is 7.37. The predicted octanol–water partition coefficient (Wildman–Crippen LogP) is 4.68. The number of aryl methyl sites for hydroxylation is 1. The van der Waals surface area contributed by atoms with E-state index in [1.54, 1.807) is 0 Å². The number of hydrogen-bond acceptors (Lipinski definition) is 5. The molecule has 0 unspecified atom stereocenters. The molecular formula is C22H23ClN6. The van der Waals surface area contributed by atoms with E-state index in [0.29, 0.717) is 18.1 Å². The molecule has 6 nitrogen and oxygen atoms in total. The van der Waals surface area contributed by atoms with Crippen molar-refractivity contribution in [3.8, 4) is 0 Å². The number of halogens is 1. The summed E-state index contributed by atoms with van der Waals surface area (Å²) in [4.78, 5) is 5.82. The van der Waals surface area contributed by atoms with E-state index < -0.39 is 0 Å². The Balaban J connectivity index is 1.67. The largest absolute Gasteiger partial charge is 0.364 e. The van der Waals surface area contributed by atoms with Crippen molar-refractivity contribution in [1.29, 1.82) is 0 Å². The van der Waals surface area contributed by atoms with Gasteiger partial charge in [-0.05, 0) is 43.0 Å². The van der Waals surface area contributed by atoms with Crippen LogP contribution in [0.3, 0.4) is 0 Å². The van der Waals surface area contributed by atoms with E-state index in [1.807, 2.05) is 43.3 Å². The molecule has 2 heterocycles. The minimum absolute atomic E-state index is 0.251. The topological polar surface area (TPSA) is 71.4 Å². The third kappa shape index (κ3) is 4.12. The number of aromatic nitrogens is 2. The SMILES string of the molecule is [C-]#[N+]c1ccc2c(N3CCC(N)CC3)nnc(NCc3ccc(C)c(Cl)c3)c2c1. The molecule has 0 radical (unpaired) electrons. The lowest BCUT2D eigenvalue weighted by atomic mass is 10.0. The van der Waals surface area contributed by atoms with E-state index in [-0.39, 0.29) is 6.04 Å². The van der Waals surface area contributed by atoms with Gasteiger partial charge in [0.2, 0.25) is 0 Å². The molecule has 3 N–H and O–H groups in total. The van der Waals surface area contributed by atoms with Crippen molar-refractivity contribution in [2.45, 2.75) is 32.4 Å². The number of anilines is 2. The molecule has 0 saturated carbocycles. The fraction of sp³-hybridized carbons (Fsp3) is 0.318. The van der Waals surface area contributed by atoms with Gasteiger partial charge < -0.3 is 16.0 Å². The monoisotopic (exact) mass is 406 g/mol. The van der Waals surface area contributed by atoms with Crippen LogP contribution < -0.4 is 16.0 Å². The van der Waals surface area contributed by atoms with Gasteiger partial charge in [0.25, 0.3) is 0 Å². The summed E-state index contributed by atoms with van der Waals surface area (Å²) in [5.41, 5.74) is 8.74. The Morgan fingerprint density at radius 2 is 1.97 bits per heavy atom. The van der Waals surface area contributed by atoms with Crippen LogP contribution >= 0.6 is 11.6 Å². The van der Waals surface area contributed by atoms with Gasteiger partial charge in [-0.25, -0.2) is 4.85 Å². The van der Waals surface area contributed by atoms with Crippen LogP contribution in [-0.4, -0.2) is 29.3 Å². The average molecular weight is 407 g/mol. The molecule has 148 valence electrons. The first-order valence-corrected chi connectivity index (χ1v) is 10.1. The Bertz CT molecular complexity index is 1080. The molecule has 1 aliphatic heterocycles. The van der Waals surface area contributed by atoms with Crippen LogP contribution in [0.2, 0.25) is 5.02 Å². The van der Waals surface area contributed by atoms with Gasteiger partial charge in [0.15, 0.2) is 17.3 Å². The predicted molar refractivity (Wildman–Crippen MR) is 119 cm³/mol. The number of nitrogens with one attached hydrogen (secondary N) is 1. The molecule has 29 heavy (non-hydrogen) atoms. The molecule has 0 amide bonds. The Morgan fingerprint density at radius 1 is 1.17 bits per heavy atom. The second kappa shape index (κ2) is 8.24. The summed E-state index contributed by atoms with van der Waals surface area (Å²) in [6.07, 6.45) is 1.88. The summed E-state index contributed by atoms with van der Waals surface area (Å²) in [7, 11) is 0. The van der Waals surface area contributed by atoms with E-state index in [1.165, 1.54) is 0 Å². The number of hydrogen-bond donors (Lipinski definition) is 2. The highest BCUT2D eigenvalue weighted by molar-refractivity contribution is 6.31. The van der Waals surface area contributed by atoms with Gasteiger partial charge >= 0.3 is 0 Å². The first-order valence-electron chi connectivity index (χ1n) is 9.72. The number of piperidine rings is 1. The Hall–Kier alpha value is -2.88. The van der Waals surface area contributed by atoms with Crippen molar-refractivity contribution < 1.29 is 0 Å². The summed E-state index contributed by atoms with van der Waals surface area (Å²) in [6.45, 7) is 11.7. The van der Waals surface area contributed by atoms with Crippen molar-refractivity contribution in [1.82, 2.24) is 10.2 Å². The fourth-order valence-corrected chi connectivity index (χ4v) is 3.81. The van der Waals surface area contributed by atoms with Gasteiger partial charge in [-0.2, -0.15) is 0 Å². The molecule has 0 bridgehead atoms. The van der Waals surface area contributed by atoms with E-state index in [4.69, 9.17) is 23.9 Å². The molecule has 1 fully saturated rings. The molecule has 0 aliphatic carbocycles. The lowest BCUT2D eigenvalue weighted by Crippen LogP contribution is -2.40. The summed E-state index contributed by atoms with van der Waals surface area (Å²) in [6, 6.07) is 11.9. The molecule has 4 rings (SSSR count). The van der Waals surface area contributed by atoms with E-state index in [2.05, 4.69) is 25.3 Å². The molecule has 1 saturated heterocycles. The van der Waals surface area contributed by atoms with Gasteiger partial charge in [-0.1, -0.05) is 35.9 Å². The van der Waals surface area contributed by atoms with Crippen LogP contribution in [0, 0.1) is 13.5 Å². The molecule has 7 heteroatoms. The molecule has 0 spiro atoms. The maximum Gasteiger partial charge on any atom is 0.188 e. The minimum atomic E-state index is 0.251. The third-order valence-electron chi connectivity index (χ3n) is 5.41. The first-order chi connectivity index (χ1) is 14.0. The van der Waals surface area contributed by atoms with E-state index in [0.717, 1.165) is 58.7 Å². The number of rotatable bonds is 4. The van der Waals surface area contributed by atoms with Gasteiger partial charge in [-0.3, -0.25) is 0 Å². The summed E-state index contributed by atoms with van der Waals surface area (Å²) in [5.74, 6) is 1.52. The Morgan fingerprint density at radius 3 is 2.69 bits per heavy atom. The minimum Gasteiger partial charge on any atom is -0.364 e. The van der Waals surface area contributed by atoms with Crippen LogP contribution in [0.1, 0.15) is 24.0 Å². The highest BCUT2D eigenvalue weighted by Crippen LogP contribution is 2.33. The molecule has 1 aliphatic rings. The van der Waals surface area contributed by atoms with Crippen molar-refractivity contribution in [2.24, 2.45) is 5.73 Å². The van der Waals surface area contributed by atoms with Gasteiger partial charge in [-0.15, -0.1) is 10.2 Å². The molecule has 0 atom stereocenters. The number of nitrogens with zero attached hydrogens (tertiary/aromatic N) is 4. The Labute approximate surface area is 175 Å². The second-order valence-corrected chi connectivity index (χ2v) is 7.88. The quantitative estimate of drug-likeness (QED) is 0.615. The van der Waals surface area contributed by atoms with Crippen LogP contribution in [-0.2, 0) is 6.54 Å². The first kappa shape index (κ1) is 19.4. The van der Waals surface area contributed by atoms with Gasteiger partial charge in [0, 0.05) is 41.5 Å². The second-order valence-electron chi connectivity index (χ2n) is 7.48. The lowest BCUT2D eigenvalue weighted by Gasteiger charge is -2.31. The fourth-order valence-electron chi connectivity index (χ4n) is 3.61. The lowest BCUT2D eigenvalue weighted by molar-refractivity contribution is 0.498. The molecule has 1 aromatic heterocycles. The van der Waals surface area contributed by atoms with Crippen molar-refractivity contribution >= 4 is 39.7 Å². The van der Waals surface area contributed by atoms with Gasteiger partial charge in [0.1, 0.15) is 0 Å². The summed E-state index contributed by atoms with van der Waals surface area (Å²) >= 11 is 6.24. The molecule has 2 aromatic carbocycles.